The van der Waals surface area contributed by atoms with Crippen LogP contribution in [-0.2, 0) is 11.2 Å². The molecule has 0 aliphatic heterocycles. The third-order valence-corrected chi connectivity index (χ3v) is 2.47. The summed E-state index contributed by atoms with van der Waals surface area (Å²) in [5.74, 6) is 0. The largest absolute Gasteiger partial charge is 0.394 e. The molecule has 1 heterocycles. The molecular formula is C10H16N4O2. The van der Waals surface area contributed by atoms with Crippen molar-refractivity contribution in [2.75, 3.05) is 13.7 Å². The van der Waals surface area contributed by atoms with Crippen LogP contribution < -0.4 is 0 Å². The maximum absolute atomic E-state index is 9.11. The van der Waals surface area contributed by atoms with Crippen molar-refractivity contribution in [2.24, 2.45) is 0 Å². The van der Waals surface area contributed by atoms with Gasteiger partial charge in [-0.2, -0.15) is 5.26 Å². The predicted molar refractivity (Wildman–Crippen MR) is 56.6 cm³/mol. The second-order valence-electron chi connectivity index (χ2n) is 3.61. The van der Waals surface area contributed by atoms with Crippen molar-refractivity contribution in [3.05, 3.63) is 11.4 Å². The zero-order valence-corrected chi connectivity index (χ0v) is 9.71. The first kappa shape index (κ1) is 12.6. The Morgan fingerprint density at radius 3 is 2.75 bits per heavy atom. The Labute approximate surface area is 94.4 Å². The van der Waals surface area contributed by atoms with E-state index in [1.165, 1.54) is 0 Å². The number of rotatable bonds is 5. The number of ether oxygens (including phenoxy) is 1. The molecule has 0 bridgehead atoms. The molecule has 1 aromatic rings. The molecule has 0 fully saturated rings. The minimum Gasteiger partial charge on any atom is -0.394 e. The lowest BCUT2D eigenvalue weighted by molar-refractivity contribution is 0.106. The highest BCUT2D eigenvalue weighted by molar-refractivity contribution is 5.17. The standard InChI is InChI=1S/C10H16N4O2/c1-7(6-15)14-10(8(2)16-3)9(4-5-11)12-13-14/h7-8,15H,4,6H2,1-3H3. The highest BCUT2D eigenvalue weighted by Crippen LogP contribution is 2.22. The number of aliphatic hydroxyl groups is 1. The maximum Gasteiger partial charge on any atom is 0.103 e. The van der Waals surface area contributed by atoms with Crippen LogP contribution in [0.3, 0.4) is 0 Å². The van der Waals surface area contributed by atoms with Crippen LogP contribution in [0.2, 0.25) is 0 Å². The fraction of sp³-hybridized carbons (Fsp3) is 0.700. The van der Waals surface area contributed by atoms with Gasteiger partial charge in [-0.1, -0.05) is 5.21 Å². The number of nitrogens with zero attached hydrogens (tertiary/aromatic N) is 4. The van der Waals surface area contributed by atoms with E-state index in [2.05, 4.69) is 10.3 Å². The van der Waals surface area contributed by atoms with Crippen molar-refractivity contribution in [3.63, 3.8) is 0 Å². The molecule has 0 saturated heterocycles. The van der Waals surface area contributed by atoms with Gasteiger partial charge in [0.2, 0.25) is 0 Å². The lowest BCUT2D eigenvalue weighted by Crippen LogP contribution is -2.17. The van der Waals surface area contributed by atoms with E-state index in [4.69, 9.17) is 15.1 Å². The zero-order valence-electron chi connectivity index (χ0n) is 9.71. The van der Waals surface area contributed by atoms with Crippen molar-refractivity contribution in [2.45, 2.75) is 32.4 Å². The van der Waals surface area contributed by atoms with Crippen molar-refractivity contribution >= 4 is 0 Å². The van der Waals surface area contributed by atoms with Crippen LogP contribution in [0.15, 0.2) is 0 Å². The van der Waals surface area contributed by atoms with E-state index < -0.39 is 0 Å². The summed E-state index contributed by atoms with van der Waals surface area (Å²) in [6.07, 6.45) is -0.00591. The zero-order chi connectivity index (χ0) is 12.1. The molecular weight excluding hydrogens is 208 g/mol. The predicted octanol–water partition coefficient (Wildman–Crippen LogP) is 0.605. The lowest BCUT2D eigenvalue weighted by Gasteiger charge is -2.16. The van der Waals surface area contributed by atoms with Gasteiger partial charge < -0.3 is 9.84 Å². The Morgan fingerprint density at radius 1 is 1.56 bits per heavy atom. The van der Waals surface area contributed by atoms with Crippen molar-refractivity contribution in [1.29, 1.82) is 5.26 Å². The molecule has 0 saturated carbocycles. The Balaban J connectivity index is 3.14. The van der Waals surface area contributed by atoms with E-state index >= 15 is 0 Å². The summed E-state index contributed by atoms with van der Waals surface area (Å²) in [4.78, 5) is 0. The van der Waals surface area contributed by atoms with Crippen LogP contribution >= 0.6 is 0 Å². The minimum absolute atomic E-state index is 0.0290. The minimum atomic E-state index is -0.202. The number of nitriles is 1. The molecule has 1 rings (SSSR count). The quantitative estimate of drug-likeness (QED) is 0.792. The fourth-order valence-corrected chi connectivity index (χ4v) is 1.47. The second kappa shape index (κ2) is 5.58. The smallest absolute Gasteiger partial charge is 0.103 e. The van der Waals surface area contributed by atoms with Gasteiger partial charge in [0.1, 0.15) is 5.69 Å². The number of methoxy groups -OCH3 is 1. The maximum atomic E-state index is 9.11. The van der Waals surface area contributed by atoms with Crippen LogP contribution in [-0.4, -0.2) is 33.8 Å². The Hall–Kier alpha value is -1.45. The van der Waals surface area contributed by atoms with Gasteiger partial charge in [0, 0.05) is 7.11 Å². The average Bonchev–Trinajstić information content (AvgIpc) is 2.71. The Bertz CT molecular complexity index is 383. The SMILES string of the molecule is COC(C)c1c(CC#N)nnn1C(C)CO. The topological polar surface area (TPSA) is 84.0 Å². The van der Waals surface area contributed by atoms with E-state index in [1.54, 1.807) is 11.8 Å². The van der Waals surface area contributed by atoms with E-state index in [9.17, 15) is 0 Å². The van der Waals surface area contributed by atoms with Crippen LogP contribution in [0.25, 0.3) is 0 Å². The Morgan fingerprint density at radius 2 is 2.25 bits per heavy atom. The summed E-state index contributed by atoms with van der Waals surface area (Å²) in [5.41, 5.74) is 1.36. The third kappa shape index (κ3) is 2.38. The molecule has 2 unspecified atom stereocenters. The van der Waals surface area contributed by atoms with Gasteiger partial charge in [-0.25, -0.2) is 4.68 Å². The molecule has 0 aliphatic carbocycles. The van der Waals surface area contributed by atoms with Crippen LogP contribution in [0.4, 0.5) is 0 Å². The van der Waals surface area contributed by atoms with E-state index in [0.29, 0.717) is 5.69 Å². The molecule has 0 spiro atoms. The third-order valence-electron chi connectivity index (χ3n) is 2.47. The molecule has 0 aliphatic rings. The summed E-state index contributed by atoms with van der Waals surface area (Å²) < 4.78 is 6.84. The summed E-state index contributed by atoms with van der Waals surface area (Å²) in [6.45, 7) is 3.66. The van der Waals surface area contributed by atoms with Gasteiger partial charge in [-0.3, -0.25) is 0 Å². The van der Waals surface area contributed by atoms with Gasteiger partial charge in [0.25, 0.3) is 0 Å². The summed E-state index contributed by atoms with van der Waals surface area (Å²) in [6, 6.07) is 1.87. The number of aromatic nitrogens is 3. The molecule has 6 heteroatoms. The fourth-order valence-electron chi connectivity index (χ4n) is 1.47. The van der Waals surface area contributed by atoms with E-state index in [0.717, 1.165) is 5.69 Å². The van der Waals surface area contributed by atoms with E-state index in [1.807, 2.05) is 19.9 Å². The van der Waals surface area contributed by atoms with Gasteiger partial charge in [-0.15, -0.1) is 5.10 Å². The van der Waals surface area contributed by atoms with Crippen LogP contribution in [0.5, 0.6) is 0 Å². The highest BCUT2D eigenvalue weighted by Gasteiger charge is 2.21. The van der Waals surface area contributed by atoms with Crippen LogP contribution in [0.1, 0.15) is 37.4 Å². The molecule has 1 aromatic heterocycles. The summed E-state index contributed by atoms with van der Waals surface area (Å²) in [7, 11) is 1.59. The molecule has 88 valence electrons. The summed E-state index contributed by atoms with van der Waals surface area (Å²) >= 11 is 0. The normalized spacial score (nSPS) is 14.4. The summed E-state index contributed by atoms with van der Waals surface area (Å²) in [5, 5.41) is 25.7. The molecule has 0 radical (unpaired) electrons. The lowest BCUT2D eigenvalue weighted by atomic mass is 10.1. The van der Waals surface area contributed by atoms with Gasteiger partial charge >= 0.3 is 0 Å². The first-order valence-electron chi connectivity index (χ1n) is 5.10. The van der Waals surface area contributed by atoms with Crippen molar-refractivity contribution in [3.8, 4) is 6.07 Å². The first-order valence-corrected chi connectivity index (χ1v) is 5.10. The van der Waals surface area contributed by atoms with Gasteiger partial charge in [0.15, 0.2) is 0 Å². The van der Waals surface area contributed by atoms with Gasteiger partial charge in [0.05, 0.1) is 36.9 Å². The van der Waals surface area contributed by atoms with E-state index in [-0.39, 0.29) is 25.2 Å². The molecule has 0 amide bonds. The molecule has 1 N–H and O–H groups in total. The van der Waals surface area contributed by atoms with Crippen molar-refractivity contribution < 1.29 is 9.84 Å². The number of hydrogen-bond acceptors (Lipinski definition) is 5. The Kier molecular flexibility index (Phi) is 4.40. The van der Waals surface area contributed by atoms with Gasteiger partial charge in [-0.05, 0) is 13.8 Å². The molecule has 6 nitrogen and oxygen atoms in total. The number of hydrogen-bond donors (Lipinski definition) is 1. The van der Waals surface area contributed by atoms with Crippen molar-refractivity contribution in [1.82, 2.24) is 15.0 Å². The highest BCUT2D eigenvalue weighted by atomic mass is 16.5. The monoisotopic (exact) mass is 224 g/mol. The van der Waals surface area contributed by atoms with Crippen LogP contribution in [0, 0.1) is 11.3 Å². The molecule has 16 heavy (non-hydrogen) atoms. The first-order chi connectivity index (χ1) is 7.65. The average molecular weight is 224 g/mol. The molecule has 2 atom stereocenters. The number of aliphatic hydroxyl groups excluding tert-OH is 1. The molecule has 0 aromatic carbocycles. The second-order valence-corrected chi connectivity index (χ2v) is 3.61.